The summed E-state index contributed by atoms with van der Waals surface area (Å²) in [5, 5.41) is 7.17. The van der Waals surface area contributed by atoms with E-state index in [0.29, 0.717) is 17.3 Å². The molecule has 0 aliphatic heterocycles. The molecule has 18 heavy (non-hydrogen) atoms. The van der Waals surface area contributed by atoms with Gasteiger partial charge in [-0.05, 0) is 18.6 Å². The van der Waals surface area contributed by atoms with Gasteiger partial charge in [0, 0.05) is 17.1 Å². The monoisotopic (exact) mass is 282 g/mol. The molecule has 2 aromatic rings. The van der Waals surface area contributed by atoms with Crippen molar-refractivity contribution in [2.75, 3.05) is 12.4 Å². The maximum Gasteiger partial charge on any atom is 0.139 e. The summed E-state index contributed by atoms with van der Waals surface area (Å²) < 4.78 is 5.17. The summed E-state index contributed by atoms with van der Waals surface area (Å²) in [7, 11) is 1.61. The average molecular weight is 283 g/mol. The Morgan fingerprint density at radius 3 is 2.94 bits per heavy atom. The van der Waals surface area contributed by atoms with Gasteiger partial charge in [0.1, 0.15) is 5.75 Å². The molecular formula is C13H15ClN2OS. The summed E-state index contributed by atoms with van der Waals surface area (Å²) in [5.74, 6) is 0.675. The van der Waals surface area contributed by atoms with Crippen LogP contribution < -0.4 is 10.1 Å². The Bertz CT molecular complexity index is 527. The number of aryl methyl sites for hydroxylation is 1. The number of halogens is 1. The van der Waals surface area contributed by atoms with Crippen molar-refractivity contribution in [3.8, 4) is 5.75 Å². The van der Waals surface area contributed by atoms with Crippen LogP contribution in [-0.2, 0) is 13.0 Å². The third-order valence-corrected chi connectivity index (χ3v) is 3.88. The summed E-state index contributed by atoms with van der Waals surface area (Å²) >= 11 is 7.67. The lowest BCUT2D eigenvalue weighted by atomic mass is 10.3. The van der Waals surface area contributed by atoms with Gasteiger partial charge in [-0.2, -0.15) is 0 Å². The number of rotatable bonds is 5. The maximum absolute atomic E-state index is 5.97. The zero-order valence-corrected chi connectivity index (χ0v) is 11.9. The van der Waals surface area contributed by atoms with E-state index >= 15 is 0 Å². The fourth-order valence-corrected chi connectivity index (χ4v) is 2.49. The zero-order chi connectivity index (χ0) is 13.0. The quantitative estimate of drug-likeness (QED) is 0.901. The Kier molecular flexibility index (Phi) is 4.44. The standard InChI is InChI=1S/C13H15ClN2OS/c1-3-13-16-10(8-18-13)7-15-9-4-5-11(14)12(6-9)17-2/h4-6,8,15H,3,7H2,1-2H3. The third-order valence-electron chi connectivity index (χ3n) is 2.53. The van der Waals surface area contributed by atoms with Gasteiger partial charge in [-0.25, -0.2) is 4.98 Å². The highest BCUT2D eigenvalue weighted by Gasteiger charge is 2.03. The minimum atomic E-state index is 0.616. The van der Waals surface area contributed by atoms with Crippen molar-refractivity contribution in [2.24, 2.45) is 0 Å². The first-order valence-electron chi connectivity index (χ1n) is 5.73. The van der Waals surface area contributed by atoms with E-state index in [4.69, 9.17) is 16.3 Å². The number of hydrogen-bond acceptors (Lipinski definition) is 4. The summed E-state index contributed by atoms with van der Waals surface area (Å²) in [5.41, 5.74) is 2.04. The van der Waals surface area contributed by atoms with Gasteiger partial charge in [0.25, 0.3) is 0 Å². The van der Waals surface area contributed by atoms with Crippen LogP contribution in [0.3, 0.4) is 0 Å². The van der Waals surface area contributed by atoms with Gasteiger partial charge in [0.05, 0.1) is 29.4 Å². The lowest BCUT2D eigenvalue weighted by molar-refractivity contribution is 0.415. The van der Waals surface area contributed by atoms with Crippen LogP contribution in [-0.4, -0.2) is 12.1 Å². The second kappa shape index (κ2) is 6.07. The maximum atomic E-state index is 5.97. The van der Waals surface area contributed by atoms with Gasteiger partial charge < -0.3 is 10.1 Å². The minimum Gasteiger partial charge on any atom is -0.495 e. The molecule has 0 bridgehead atoms. The van der Waals surface area contributed by atoms with Gasteiger partial charge in [0.15, 0.2) is 0 Å². The molecule has 0 fully saturated rings. The van der Waals surface area contributed by atoms with E-state index in [9.17, 15) is 0 Å². The van der Waals surface area contributed by atoms with Crippen molar-refractivity contribution < 1.29 is 4.74 Å². The zero-order valence-electron chi connectivity index (χ0n) is 10.4. The molecule has 0 spiro atoms. The SMILES string of the molecule is CCc1nc(CNc2ccc(Cl)c(OC)c2)cs1. The molecule has 1 aromatic carbocycles. The van der Waals surface area contributed by atoms with E-state index in [1.165, 1.54) is 5.01 Å². The molecule has 2 rings (SSSR count). The summed E-state index contributed by atoms with van der Waals surface area (Å²) in [6, 6.07) is 5.63. The molecule has 0 unspecified atom stereocenters. The summed E-state index contributed by atoms with van der Waals surface area (Å²) in [4.78, 5) is 4.50. The molecule has 0 saturated heterocycles. The van der Waals surface area contributed by atoms with Crippen molar-refractivity contribution in [3.05, 3.63) is 39.3 Å². The smallest absolute Gasteiger partial charge is 0.139 e. The van der Waals surface area contributed by atoms with Crippen molar-refractivity contribution in [1.29, 1.82) is 0 Å². The number of nitrogens with zero attached hydrogens (tertiary/aromatic N) is 1. The topological polar surface area (TPSA) is 34.2 Å². The molecule has 5 heteroatoms. The van der Waals surface area contributed by atoms with Crippen molar-refractivity contribution in [1.82, 2.24) is 4.98 Å². The van der Waals surface area contributed by atoms with Gasteiger partial charge in [-0.1, -0.05) is 18.5 Å². The normalized spacial score (nSPS) is 10.4. The van der Waals surface area contributed by atoms with E-state index in [-0.39, 0.29) is 0 Å². The largest absolute Gasteiger partial charge is 0.495 e. The number of thiazole rings is 1. The van der Waals surface area contributed by atoms with Crippen LogP contribution >= 0.6 is 22.9 Å². The number of anilines is 1. The lowest BCUT2D eigenvalue weighted by Crippen LogP contribution is -2.00. The molecule has 0 aliphatic rings. The number of methoxy groups -OCH3 is 1. The van der Waals surface area contributed by atoms with Crippen LogP contribution in [0.5, 0.6) is 5.75 Å². The number of ether oxygens (including phenoxy) is 1. The van der Waals surface area contributed by atoms with Crippen LogP contribution in [0.2, 0.25) is 5.02 Å². The van der Waals surface area contributed by atoms with Gasteiger partial charge in [-0.3, -0.25) is 0 Å². The van der Waals surface area contributed by atoms with Crippen LogP contribution in [0.25, 0.3) is 0 Å². The lowest BCUT2D eigenvalue weighted by Gasteiger charge is -2.08. The second-order valence-electron chi connectivity index (χ2n) is 3.79. The first kappa shape index (κ1) is 13.2. The van der Waals surface area contributed by atoms with Crippen LogP contribution in [0.4, 0.5) is 5.69 Å². The molecule has 1 aromatic heterocycles. The molecule has 3 nitrogen and oxygen atoms in total. The van der Waals surface area contributed by atoms with Gasteiger partial charge in [0.2, 0.25) is 0 Å². The second-order valence-corrected chi connectivity index (χ2v) is 5.14. The fraction of sp³-hybridized carbons (Fsp3) is 0.308. The highest BCUT2D eigenvalue weighted by Crippen LogP contribution is 2.27. The molecule has 0 aliphatic carbocycles. The third kappa shape index (κ3) is 3.15. The molecule has 96 valence electrons. The fourth-order valence-electron chi connectivity index (χ4n) is 1.55. The Labute approximate surface area is 116 Å². The molecular weight excluding hydrogens is 268 g/mol. The molecule has 1 N–H and O–H groups in total. The summed E-state index contributed by atoms with van der Waals surface area (Å²) in [6.45, 7) is 2.82. The van der Waals surface area contributed by atoms with Crippen molar-refractivity contribution >= 4 is 28.6 Å². The van der Waals surface area contributed by atoms with E-state index in [1.807, 2.05) is 18.2 Å². The molecule has 0 saturated carbocycles. The molecule has 0 atom stereocenters. The number of hydrogen-bond donors (Lipinski definition) is 1. The molecule has 0 amide bonds. The van der Waals surface area contributed by atoms with E-state index < -0.39 is 0 Å². The molecule has 1 heterocycles. The van der Waals surface area contributed by atoms with Crippen molar-refractivity contribution in [3.63, 3.8) is 0 Å². The Hall–Kier alpha value is -1.26. The highest BCUT2D eigenvalue weighted by molar-refractivity contribution is 7.09. The van der Waals surface area contributed by atoms with Crippen molar-refractivity contribution in [2.45, 2.75) is 19.9 Å². The predicted octanol–water partition coefficient (Wildman–Crippen LogP) is 3.98. The number of benzene rings is 1. The Morgan fingerprint density at radius 2 is 2.28 bits per heavy atom. The number of nitrogens with one attached hydrogen (secondary N) is 1. The van der Waals surface area contributed by atoms with Crippen LogP contribution in [0.1, 0.15) is 17.6 Å². The van der Waals surface area contributed by atoms with E-state index in [1.54, 1.807) is 18.4 Å². The van der Waals surface area contributed by atoms with E-state index in [2.05, 4.69) is 22.6 Å². The Balaban J connectivity index is 2.01. The highest BCUT2D eigenvalue weighted by atomic mass is 35.5. The number of aromatic nitrogens is 1. The molecule has 0 radical (unpaired) electrons. The summed E-state index contributed by atoms with van der Waals surface area (Å²) in [6.07, 6.45) is 0.986. The van der Waals surface area contributed by atoms with Crippen LogP contribution in [0.15, 0.2) is 23.6 Å². The first-order valence-corrected chi connectivity index (χ1v) is 6.99. The predicted molar refractivity (Wildman–Crippen MR) is 76.8 cm³/mol. The Morgan fingerprint density at radius 1 is 1.44 bits per heavy atom. The first-order chi connectivity index (χ1) is 8.72. The van der Waals surface area contributed by atoms with Gasteiger partial charge in [-0.15, -0.1) is 11.3 Å². The average Bonchev–Trinajstić information content (AvgIpc) is 2.86. The van der Waals surface area contributed by atoms with Gasteiger partial charge >= 0.3 is 0 Å². The minimum absolute atomic E-state index is 0.616. The van der Waals surface area contributed by atoms with Crippen LogP contribution in [0, 0.1) is 0 Å². The van der Waals surface area contributed by atoms with E-state index in [0.717, 1.165) is 17.8 Å².